The second kappa shape index (κ2) is 6.20. The van der Waals surface area contributed by atoms with Crippen molar-refractivity contribution in [3.05, 3.63) is 53.9 Å². The summed E-state index contributed by atoms with van der Waals surface area (Å²) in [5.41, 5.74) is 1.06. The molecule has 4 rings (SSSR count). The van der Waals surface area contributed by atoms with Gasteiger partial charge >= 0.3 is 6.01 Å². The predicted molar refractivity (Wildman–Crippen MR) is 92.6 cm³/mol. The van der Waals surface area contributed by atoms with E-state index in [0.29, 0.717) is 18.7 Å². The number of hydrogen-bond donors (Lipinski definition) is 0. The van der Waals surface area contributed by atoms with Gasteiger partial charge in [0.05, 0.1) is 19.2 Å². The minimum Gasteiger partial charge on any atom is -0.481 e. The van der Waals surface area contributed by atoms with Crippen LogP contribution in [0.3, 0.4) is 0 Å². The Morgan fingerprint density at radius 3 is 2.88 bits per heavy atom. The number of ether oxygens (including phenoxy) is 2. The Morgan fingerprint density at radius 2 is 2.08 bits per heavy atom. The Balaban J connectivity index is 1.54. The molecule has 6 nitrogen and oxygen atoms in total. The van der Waals surface area contributed by atoms with E-state index in [2.05, 4.69) is 22.1 Å². The van der Waals surface area contributed by atoms with Crippen LogP contribution in [0, 0.1) is 0 Å². The van der Waals surface area contributed by atoms with Gasteiger partial charge in [0.2, 0.25) is 0 Å². The largest absolute Gasteiger partial charge is 0.481 e. The first-order valence-electron chi connectivity index (χ1n) is 8.32. The molecule has 1 amide bonds. The van der Waals surface area contributed by atoms with E-state index in [1.807, 2.05) is 29.2 Å². The van der Waals surface area contributed by atoms with Crippen LogP contribution in [-0.4, -0.2) is 46.6 Å². The van der Waals surface area contributed by atoms with Crippen molar-refractivity contribution in [2.75, 3.05) is 20.2 Å². The van der Waals surface area contributed by atoms with Crippen LogP contribution < -0.4 is 9.47 Å². The van der Waals surface area contributed by atoms with Gasteiger partial charge in [-0.2, -0.15) is 0 Å². The number of carbonyl (C=O) groups is 1. The fraction of sp³-hybridized carbons (Fsp3) is 0.316. The zero-order valence-electron chi connectivity index (χ0n) is 14.0. The van der Waals surface area contributed by atoms with Crippen molar-refractivity contribution >= 4 is 12.0 Å². The first-order chi connectivity index (χ1) is 12.2. The number of hydrogen-bond acceptors (Lipinski definition) is 5. The van der Waals surface area contributed by atoms with Crippen LogP contribution in [-0.2, 0) is 0 Å². The van der Waals surface area contributed by atoms with Gasteiger partial charge in [0.1, 0.15) is 11.4 Å². The van der Waals surface area contributed by atoms with E-state index in [0.717, 1.165) is 24.2 Å². The van der Waals surface area contributed by atoms with Crippen LogP contribution in [0.15, 0.2) is 42.7 Å². The van der Waals surface area contributed by atoms with Crippen LogP contribution in [0.5, 0.6) is 11.8 Å². The van der Waals surface area contributed by atoms with Crippen LogP contribution in [0.1, 0.15) is 28.8 Å². The average Bonchev–Trinajstić information content (AvgIpc) is 2.67. The summed E-state index contributed by atoms with van der Waals surface area (Å²) in [5.74, 6) is 0.782. The first-order valence-corrected chi connectivity index (χ1v) is 8.32. The first kappa shape index (κ1) is 15.6. The standard InChI is InChI=1S/C19H19N3O3/c1-24-18-20-11-15(12-21-18)17(23)22-10-4-8-19(13-22)9-7-14-5-2-3-6-16(14)25-19/h2-3,5-7,9,11-12H,4,8,10,13H2,1H3. The maximum Gasteiger partial charge on any atom is 0.316 e. The van der Waals surface area contributed by atoms with E-state index in [1.165, 1.54) is 19.5 Å². The summed E-state index contributed by atoms with van der Waals surface area (Å²) in [7, 11) is 1.50. The van der Waals surface area contributed by atoms with Crippen LogP contribution in [0.4, 0.5) is 0 Å². The van der Waals surface area contributed by atoms with E-state index >= 15 is 0 Å². The number of para-hydroxylation sites is 1. The number of fused-ring (bicyclic) bond motifs is 1. The molecule has 0 radical (unpaired) electrons. The molecule has 0 N–H and O–H groups in total. The molecule has 0 aliphatic carbocycles. The van der Waals surface area contributed by atoms with Gasteiger partial charge in [-0.25, -0.2) is 9.97 Å². The lowest BCUT2D eigenvalue weighted by Crippen LogP contribution is -2.53. The summed E-state index contributed by atoms with van der Waals surface area (Å²) in [6.45, 7) is 1.22. The van der Waals surface area contributed by atoms with E-state index in [9.17, 15) is 4.79 Å². The Morgan fingerprint density at radius 1 is 1.28 bits per heavy atom. The number of rotatable bonds is 2. The van der Waals surface area contributed by atoms with E-state index in [-0.39, 0.29) is 11.9 Å². The Bertz CT molecular complexity index is 819. The molecule has 2 aliphatic heterocycles. The average molecular weight is 337 g/mol. The number of likely N-dealkylation sites (tertiary alicyclic amines) is 1. The highest BCUT2D eigenvalue weighted by Gasteiger charge is 2.39. The molecule has 1 atom stereocenters. The highest BCUT2D eigenvalue weighted by molar-refractivity contribution is 5.93. The van der Waals surface area contributed by atoms with Gasteiger partial charge in [-0.1, -0.05) is 24.3 Å². The molecule has 0 saturated carbocycles. The van der Waals surface area contributed by atoms with Gasteiger partial charge in [0.15, 0.2) is 0 Å². The lowest BCUT2D eigenvalue weighted by atomic mass is 9.89. The molecule has 128 valence electrons. The molecule has 1 aromatic heterocycles. The summed E-state index contributed by atoms with van der Waals surface area (Å²) in [6.07, 6.45) is 8.95. The van der Waals surface area contributed by atoms with Crippen molar-refractivity contribution in [2.24, 2.45) is 0 Å². The molecule has 25 heavy (non-hydrogen) atoms. The summed E-state index contributed by atoms with van der Waals surface area (Å²) in [5, 5.41) is 0. The molecule has 6 heteroatoms. The van der Waals surface area contributed by atoms with Crippen molar-refractivity contribution in [1.29, 1.82) is 0 Å². The fourth-order valence-corrected chi connectivity index (χ4v) is 3.36. The van der Waals surface area contributed by atoms with Crippen molar-refractivity contribution in [3.63, 3.8) is 0 Å². The Kier molecular flexibility index (Phi) is 3.87. The molecule has 2 aromatic rings. The monoisotopic (exact) mass is 337 g/mol. The second-order valence-corrected chi connectivity index (χ2v) is 6.33. The number of methoxy groups -OCH3 is 1. The van der Waals surface area contributed by atoms with Gasteiger partial charge in [-0.15, -0.1) is 0 Å². The van der Waals surface area contributed by atoms with Crippen LogP contribution in [0.2, 0.25) is 0 Å². The van der Waals surface area contributed by atoms with Crippen molar-refractivity contribution in [3.8, 4) is 11.8 Å². The minimum atomic E-state index is -0.463. The minimum absolute atomic E-state index is 0.0856. The highest BCUT2D eigenvalue weighted by atomic mass is 16.5. The summed E-state index contributed by atoms with van der Waals surface area (Å²) in [6, 6.07) is 8.20. The molecular weight excluding hydrogens is 318 g/mol. The molecule has 1 unspecified atom stereocenters. The normalized spacial score (nSPS) is 21.6. The maximum absolute atomic E-state index is 12.8. The maximum atomic E-state index is 12.8. The smallest absolute Gasteiger partial charge is 0.316 e. The Labute approximate surface area is 146 Å². The number of carbonyl (C=O) groups excluding carboxylic acids is 1. The van der Waals surface area contributed by atoms with E-state index in [1.54, 1.807) is 0 Å². The molecule has 1 aromatic carbocycles. The zero-order chi connectivity index (χ0) is 17.3. The van der Waals surface area contributed by atoms with Crippen LogP contribution in [0.25, 0.3) is 6.08 Å². The van der Waals surface area contributed by atoms with Crippen LogP contribution >= 0.6 is 0 Å². The molecular formula is C19H19N3O3. The van der Waals surface area contributed by atoms with Crippen molar-refractivity contribution in [2.45, 2.75) is 18.4 Å². The topological polar surface area (TPSA) is 64.5 Å². The molecule has 2 aliphatic rings. The molecule has 1 spiro atoms. The third-order valence-corrected chi connectivity index (χ3v) is 4.63. The number of benzene rings is 1. The lowest BCUT2D eigenvalue weighted by Gasteiger charge is -2.42. The fourth-order valence-electron chi connectivity index (χ4n) is 3.36. The molecule has 1 saturated heterocycles. The van der Waals surface area contributed by atoms with Gasteiger partial charge in [-0.05, 0) is 25.0 Å². The van der Waals surface area contributed by atoms with Gasteiger partial charge in [0, 0.05) is 24.5 Å². The predicted octanol–water partition coefficient (Wildman–Crippen LogP) is 2.57. The van der Waals surface area contributed by atoms with Crippen molar-refractivity contribution < 1.29 is 14.3 Å². The number of nitrogens with zero attached hydrogens (tertiary/aromatic N) is 3. The molecule has 1 fully saturated rings. The number of aromatic nitrogens is 2. The van der Waals surface area contributed by atoms with E-state index < -0.39 is 5.60 Å². The van der Waals surface area contributed by atoms with Gasteiger partial charge in [-0.3, -0.25) is 4.79 Å². The van der Waals surface area contributed by atoms with Gasteiger partial charge in [0.25, 0.3) is 5.91 Å². The Hall–Kier alpha value is -2.89. The second-order valence-electron chi connectivity index (χ2n) is 6.33. The third kappa shape index (κ3) is 2.95. The third-order valence-electron chi connectivity index (χ3n) is 4.63. The van der Waals surface area contributed by atoms with E-state index in [4.69, 9.17) is 9.47 Å². The number of amides is 1. The molecule has 0 bridgehead atoms. The zero-order valence-corrected chi connectivity index (χ0v) is 14.0. The number of piperidine rings is 1. The lowest BCUT2D eigenvalue weighted by molar-refractivity contribution is 0.0235. The highest BCUT2D eigenvalue weighted by Crippen LogP contribution is 2.36. The summed E-state index contributed by atoms with van der Waals surface area (Å²) in [4.78, 5) is 22.7. The molecule has 3 heterocycles. The van der Waals surface area contributed by atoms with Gasteiger partial charge < -0.3 is 14.4 Å². The summed E-state index contributed by atoms with van der Waals surface area (Å²) < 4.78 is 11.2. The quantitative estimate of drug-likeness (QED) is 0.843. The summed E-state index contributed by atoms with van der Waals surface area (Å²) >= 11 is 0. The SMILES string of the molecule is COc1ncc(C(=O)N2CCCC3(C=Cc4ccccc4O3)C2)cn1. The van der Waals surface area contributed by atoms with Crippen molar-refractivity contribution in [1.82, 2.24) is 14.9 Å².